The second-order valence-corrected chi connectivity index (χ2v) is 10.7. The van der Waals surface area contributed by atoms with Crippen LogP contribution in [-0.2, 0) is 25.8 Å². The Labute approximate surface area is 220 Å². The summed E-state index contributed by atoms with van der Waals surface area (Å²) in [5.74, 6) is 1.13. The van der Waals surface area contributed by atoms with Gasteiger partial charge in [0.25, 0.3) is 0 Å². The van der Waals surface area contributed by atoms with Crippen LogP contribution in [0.4, 0.5) is 0 Å². The molecule has 0 spiro atoms. The molecule has 0 bridgehead atoms. The van der Waals surface area contributed by atoms with Gasteiger partial charge in [0.05, 0.1) is 6.61 Å². The van der Waals surface area contributed by atoms with Crippen molar-refractivity contribution in [3.8, 4) is 0 Å². The van der Waals surface area contributed by atoms with Crippen molar-refractivity contribution in [1.29, 1.82) is 0 Å². The van der Waals surface area contributed by atoms with E-state index in [4.69, 9.17) is 17.0 Å². The van der Waals surface area contributed by atoms with Crippen LogP contribution in [0.2, 0.25) is 0 Å². The van der Waals surface area contributed by atoms with E-state index in [2.05, 4.69) is 13.8 Å². The third kappa shape index (κ3) is 30.9. The Kier molecular flexibility index (Phi) is 34.0. The monoisotopic (exact) mass is 556 g/mol. The van der Waals surface area contributed by atoms with Crippen molar-refractivity contribution in [3.63, 3.8) is 0 Å². The maximum absolute atomic E-state index is 5.72. The number of ether oxygens (including phenoxy) is 1. The molecule has 0 N–H and O–H groups in total. The van der Waals surface area contributed by atoms with Crippen LogP contribution in [-0.4, -0.2) is 16.7 Å². The minimum Gasteiger partial charge on any atom is -0.479 e. The van der Waals surface area contributed by atoms with E-state index >= 15 is 0 Å². The number of rotatable bonds is 24. The van der Waals surface area contributed by atoms with Gasteiger partial charge in [-0.3, -0.25) is 0 Å². The van der Waals surface area contributed by atoms with Gasteiger partial charge in [0.1, 0.15) is 0 Å². The van der Waals surface area contributed by atoms with Crippen LogP contribution < -0.4 is 0 Å². The average molecular weight is 555 g/mol. The van der Waals surface area contributed by atoms with E-state index < -0.39 is 0 Å². The van der Waals surface area contributed by atoms with E-state index in [1.165, 1.54) is 135 Å². The van der Waals surface area contributed by atoms with Crippen molar-refractivity contribution >= 4 is 28.4 Å². The Bertz CT molecular complexity index is 309. The number of thioether (sulfide) groups is 1. The van der Waals surface area contributed by atoms with Crippen LogP contribution in [0.25, 0.3) is 0 Å². The van der Waals surface area contributed by atoms with Crippen LogP contribution >= 0.6 is 24.0 Å². The molecular formula is C27H54MoOS2. The molecule has 0 aliphatic carbocycles. The van der Waals surface area contributed by atoms with Gasteiger partial charge in [-0.05, 0) is 25.1 Å². The zero-order valence-corrected chi connectivity index (χ0v) is 24.7. The molecule has 0 rings (SSSR count). The molecular weight excluding hydrogens is 500 g/mol. The van der Waals surface area contributed by atoms with Gasteiger partial charge in [0.15, 0.2) is 0 Å². The molecule has 0 unspecified atom stereocenters. The SMILES string of the molecule is CCCCCCCCCCCCCOC(=S)SCCCCCCCCCCCCC.[Mo]. The van der Waals surface area contributed by atoms with Gasteiger partial charge in [0.2, 0.25) is 4.38 Å². The molecule has 0 saturated carbocycles. The fourth-order valence-electron chi connectivity index (χ4n) is 3.89. The molecule has 0 amide bonds. The number of unbranched alkanes of at least 4 members (excludes halogenated alkanes) is 20. The van der Waals surface area contributed by atoms with Crippen LogP contribution in [0.5, 0.6) is 0 Å². The second-order valence-electron chi connectivity index (χ2n) is 9.02. The van der Waals surface area contributed by atoms with Crippen molar-refractivity contribution < 1.29 is 25.8 Å². The minimum atomic E-state index is 0. The zero-order valence-electron chi connectivity index (χ0n) is 21.1. The average Bonchev–Trinajstić information content (AvgIpc) is 2.75. The molecule has 31 heavy (non-hydrogen) atoms. The van der Waals surface area contributed by atoms with E-state index in [-0.39, 0.29) is 21.1 Å². The largest absolute Gasteiger partial charge is 0.479 e. The summed E-state index contributed by atoms with van der Waals surface area (Å²) in [6, 6.07) is 0. The van der Waals surface area contributed by atoms with Crippen molar-refractivity contribution in [3.05, 3.63) is 0 Å². The van der Waals surface area contributed by atoms with Crippen molar-refractivity contribution in [2.24, 2.45) is 0 Å². The summed E-state index contributed by atoms with van der Waals surface area (Å²) in [4.78, 5) is 0. The number of hydrogen-bond acceptors (Lipinski definition) is 3. The summed E-state index contributed by atoms with van der Waals surface area (Å²) in [6.45, 7) is 5.39. The zero-order chi connectivity index (χ0) is 22.0. The molecule has 0 aliphatic rings. The third-order valence-corrected chi connectivity index (χ3v) is 7.25. The first-order valence-electron chi connectivity index (χ1n) is 13.6. The quantitative estimate of drug-likeness (QED) is 0.0667. The Hall–Kier alpha value is 0.928. The summed E-state index contributed by atoms with van der Waals surface area (Å²) in [6.07, 6.45) is 30.5. The number of hydrogen-bond donors (Lipinski definition) is 0. The molecule has 0 heterocycles. The van der Waals surface area contributed by atoms with E-state index in [0.717, 1.165) is 23.2 Å². The van der Waals surface area contributed by atoms with E-state index in [0.29, 0.717) is 0 Å². The Balaban J connectivity index is 0. The summed E-state index contributed by atoms with van der Waals surface area (Å²) in [5, 5.41) is 0. The van der Waals surface area contributed by atoms with Gasteiger partial charge < -0.3 is 4.74 Å². The molecule has 0 aromatic rings. The molecule has 0 fully saturated rings. The molecule has 0 saturated heterocycles. The topological polar surface area (TPSA) is 9.23 Å². The van der Waals surface area contributed by atoms with E-state index in [1.807, 2.05) is 0 Å². The van der Waals surface area contributed by atoms with Crippen LogP contribution in [0.15, 0.2) is 0 Å². The summed E-state index contributed by atoms with van der Waals surface area (Å²) >= 11 is 7.10. The van der Waals surface area contributed by atoms with Gasteiger partial charge in [-0.2, -0.15) is 0 Å². The smallest absolute Gasteiger partial charge is 0.219 e. The normalized spacial score (nSPS) is 10.8. The first-order valence-corrected chi connectivity index (χ1v) is 15.0. The number of thiocarbonyl (C=S) groups is 1. The molecule has 1 nitrogen and oxygen atoms in total. The molecule has 4 heteroatoms. The summed E-state index contributed by atoms with van der Waals surface area (Å²) in [7, 11) is 0. The maximum Gasteiger partial charge on any atom is 0.219 e. The van der Waals surface area contributed by atoms with Gasteiger partial charge in [0, 0.05) is 26.8 Å². The Morgan fingerprint density at radius 1 is 0.516 bits per heavy atom. The van der Waals surface area contributed by atoms with E-state index in [1.54, 1.807) is 11.8 Å². The standard InChI is InChI=1S/C27H54OS2.Mo/c1-3-5-7-9-11-13-15-17-19-21-23-25-28-27(29)30-26-24-22-20-18-16-14-12-10-8-6-4-2;/h3-26H2,1-2H3;. The van der Waals surface area contributed by atoms with Crippen LogP contribution in [0.1, 0.15) is 155 Å². The predicted molar refractivity (Wildman–Crippen MR) is 144 cm³/mol. The van der Waals surface area contributed by atoms with Gasteiger partial charge in [-0.1, -0.05) is 154 Å². The fraction of sp³-hybridized carbons (Fsp3) is 0.963. The van der Waals surface area contributed by atoms with Gasteiger partial charge >= 0.3 is 0 Å². The third-order valence-electron chi connectivity index (χ3n) is 5.94. The molecule has 0 radical (unpaired) electrons. The summed E-state index contributed by atoms with van der Waals surface area (Å²) < 4.78 is 6.49. The van der Waals surface area contributed by atoms with E-state index in [9.17, 15) is 0 Å². The van der Waals surface area contributed by atoms with Crippen molar-refractivity contribution in [1.82, 2.24) is 0 Å². The van der Waals surface area contributed by atoms with Gasteiger partial charge in [-0.25, -0.2) is 0 Å². The van der Waals surface area contributed by atoms with Crippen molar-refractivity contribution in [2.75, 3.05) is 12.4 Å². The second kappa shape index (κ2) is 30.9. The minimum absolute atomic E-state index is 0. The summed E-state index contributed by atoms with van der Waals surface area (Å²) in [5.41, 5.74) is 0. The molecule has 0 aromatic heterocycles. The first-order chi connectivity index (χ1) is 14.8. The molecule has 186 valence electrons. The van der Waals surface area contributed by atoms with Crippen molar-refractivity contribution in [2.45, 2.75) is 155 Å². The predicted octanol–water partition coefficient (Wildman–Crippen LogP) is 10.6. The fourth-order valence-corrected chi connectivity index (χ4v) is 4.90. The molecule has 0 aromatic carbocycles. The molecule has 0 aliphatic heterocycles. The molecule has 0 atom stereocenters. The maximum atomic E-state index is 5.72. The van der Waals surface area contributed by atoms with Gasteiger partial charge in [-0.15, -0.1) is 0 Å². The van der Waals surface area contributed by atoms with Crippen LogP contribution in [0, 0.1) is 0 Å². The first kappa shape index (κ1) is 34.1. The Morgan fingerprint density at radius 3 is 1.23 bits per heavy atom. The van der Waals surface area contributed by atoms with Crippen LogP contribution in [0.3, 0.4) is 0 Å². The Morgan fingerprint density at radius 2 is 0.839 bits per heavy atom.